The molecule has 1 aromatic heterocycles. The average molecular weight is 422 g/mol. The summed E-state index contributed by atoms with van der Waals surface area (Å²) in [5, 5.41) is 6.31. The molecule has 4 nitrogen and oxygen atoms in total. The van der Waals surface area contributed by atoms with Gasteiger partial charge in [-0.2, -0.15) is 5.10 Å². The molecule has 0 atom stereocenters. The second-order valence-electron chi connectivity index (χ2n) is 6.54. The monoisotopic (exact) mass is 421 g/mol. The number of nitrogens with one attached hydrogen (secondary N) is 1. The Kier molecular flexibility index (Phi) is 5.38. The second-order valence-corrected chi connectivity index (χ2v) is 7.36. The molecule has 0 unspecified atom stereocenters. The highest BCUT2D eigenvalue weighted by Gasteiger charge is 2.14. The minimum Gasteiger partial charge on any atom is -0.340 e. The van der Waals surface area contributed by atoms with Crippen molar-refractivity contribution in [1.29, 1.82) is 0 Å². The van der Waals surface area contributed by atoms with E-state index in [9.17, 15) is 4.79 Å². The quantitative estimate of drug-likeness (QED) is 0.335. The summed E-state index contributed by atoms with van der Waals surface area (Å²) in [6, 6.07) is 24.5. The fraction of sp³-hybridized carbons (Fsp3) is 0.0435. The van der Waals surface area contributed by atoms with Crippen LogP contribution in [0.4, 0.5) is 0 Å². The number of hydrazone groups is 1. The molecule has 0 fully saturated rings. The maximum Gasteiger partial charge on any atom is 0.288 e. The van der Waals surface area contributed by atoms with Gasteiger partial charge in [0.25, 0.3) is 5.91 Å². The van der Waals surface area contributed by atoms with Crippen molar-refractivity contribution >= 4 is 45.7 Å². The Labute approximate surface area is 178 Å². The van der Waals surface area contributed by atoms with Crippen molar-refractivity contribution in [2.45, 2.75) is 0 Å². The van der Waals surface area contributed by atoms with E-state index in [2.05, 4.69) is 10.5 Å². The molecule has 0 saturated heterocycles. The van der Waals surface area contributed by atoms with Gasteiger partial charge in [0, 0.05) is 29.1 Å². The van der Waals surface area contributed by atoms with Gasteiger partial charge in [-0.1, -0.05) is 77.8 Å². The first kappa shape index (κ1) is 19.2. The van der Waals surface area contributed by atoms with Crippen LogP contribution < -0.4 is 5.43 Å². The lowest BCUT2D eigenvalue weighted by molar-refractivity contribution is 0.0947. The molecule has 0 aliphatic heterocycles. The van der Waals surface area contributed by atoms with Crippen molar-refractivity contribution < 1.29 is 4.79 Å². The van der Waals surface area contributed by atoms with E-state index in [1.165, 1.54) is 0 Å². The molecule has 0 aliphatic rings. The summed E-state index contributed by atoms with van der Waals surface area (Å²) in [5.41, 5.74) is 6.39. The highest BCUT2D eigenvalue weighted by molar-refractivity contribution is 6.42. The molecule has 6 heteroatoms. The number of hydrogen-bond donors (Lipinski definition) is 1. The maximum atomic E-state index is 12.8. The molecule has 0 saturated carbocycles. The summed E-state index contributed by atoms with van der Waals surface area (Å²) in [5.74, 6) is -0.294. The zero-order valence-electron chi connectivity index (χ0n) is 15.6. The summed E-state index contributed by atoms with van der Waals surface area (Å²) >= 11 is 12.2. The Balaban J connectivity index is 1.71. The van der Waals surface area contributed by atoms with Crippen molar-refractivity contribution in [1.82, 2.24) is 9.99 Å². The first-order chi connectivity index (χ1) is 14.0. The lowest BCUT2D eigenvalue weighted by atomic mass is 10.0. The molecule has 1 N–H and O–H groups in total. The van der Waals surface area contributed by atoms with E-state index >= 15 is 0 Å². The highest BCUT2D eigenvalue weighted by atomic mass is 35.5. The smallest absolute Gasteiger partial charge is 0.288 e. The van der Waals surface area contributed by atoms with Gasteiger partial charge in [0.2, 0.25) is 0 Å². The molecule has 0 aliphatic carbocycles. The Morgan fingerprint density at radius 1 is 0.862 bits per heavy atom. The van der Waals surface area contributed by atoms with E-state index in [4.69, 9.17) is 23.2 Å². The Morgan fingerprint density at radius 2 is 1.59 bits per heavy atom. The van der Waals surface area contributed by atoms with Crippen molar-refractivity contribution in [3.8, 4) is 0 Å². The third-order valence-electron chi connectivity index (χ3n) is 4.69. The number of aromatic nitrogens is 1. The van der Waals surface area contributed by atoms with Crippen LogP contribution in [-0.2, 0) is 7.05 Å². The number of para-hydroxylation sites is 1. The topological polar surface area (TPSA) is 46.4 Å². The minimum atomic E-state index is -0.294. The SMILES string of the molecule is Cn1c(C(=O)NN=C(c2ccccc2)c2ccc(Cl)c(Cl)c2)cc2ccccc21. The molecule has 0 spiro atoms. The lowest BCUT2D eigenvalue weighted by Crippen LogP contribution is -2.22. The van der Waals surface area contributed by atoms with E-state index in [1.54, 1.807) is 12.1 Å². The fourth-order valence-electron chi connectivity index (χ4n) is 3.21. The minimum absolute atomic E-state index is 0.294. The van der Waals surface area contributed by atoms with Gasteiger partial charge in [0.05, 0.1) is 15.8 Å². The Bertz CT molecular complexity index is 1230. The summed E-state index contributed by atoms with van der Waals surface area (Å²) in [7, 11) is 1.86. The summed E-state index contributed by atoms with van der Waals surface area (Å²) < 4.78 is 1.85. The molecule has 0 radical (unpaired) electrons. The van der Waals surface area contributed by atoms with Gasteiger partial charge in [-0.05, 0) is 24.3 Å². The molecular weight excluding hydrogens is 405 g/mol. The first-order valence-electron chi connectivity index (χ1n) is 8.98. The largest absolute Gasteiger partial charge is 0.340 e. The maximum absolute atomic E-state index is 12.8. The number of amides is 1. The molecule has 1 heterocycles. The van der Waals surface area contributed by atoms with E-state index < -0.39 is 0 Å². The van der Waals surface area contributed by atoms with Gasteiger partial charge in [-0.25, -0.2) is 5.43 Å². The average Bonchev–Trinajstić information content (AvgIpc) is 3.08. The van der Waals surface area contributed by atoms with Crippen LogP contribution in [0.25, 0.3) is 10.9 Å². The number of fused-ring (bicyclic) bond motifs is 1. The van der Waals surface area contributed by atoms with Crippen LogP contribution in [0.2, 0.25) is 10.0 Å². The van der Waals surface area contributed by atoms with Crippen LogP contribution in [0, 0.1) is 0 Å². The normalized spacial score (nSPS) is 11.6. The number of carbonyl (C=O) groups is 1. The van der Waals surface area contributed by atoms with E-state index in [1.807, 2.05) is 78.3 Å². The van der Waals surface area contributed by atoms with Crippen molar-refractivity contribution in [2.75, 3.05) is 0 Å². The van der Waals surface area contributed by atoms with E-state index in [-0.39, 0.29) is 5.91 Å². The lowest BCUT2D eigenvalue weighted by Gasteiger charge is -2.09. The molecular formula is C23H17Cl2N3O. The number of rotatable bonds is 4. The van der Waals surface area contributed by atoms with Gasteiger partial charge in [-0.15, -0.1) is 0 Å². The predicted octanol–water partition coefficient (Wildman–Crippen LogP) is 5.67. The summed E-state index contributed by atoms with van der Waals surface area (Å²) in [4.78, 5) is 12.8. The standard InChI is InChI=1S/C23H17Cl2N3O/c1-28-20-10-6-5-9-16(20)14-21(28)23(29)27-26-22(15-7-3-2-4-8-15)17-11-12-18(24)19(25)13-17/h2-14H,1H3,(H,27,29). The first-order valence-corrected chi connectivity index (χ1v) is 9.73. The van der Waals surface area contributed by atoms with Crippen LogP contribution in [0.5, 0.6) is 0 Å². The van der Waals surface area contributed by atoms with Crippen LogP contribution in [0.1, 0.15) is 21.6 Å². The number of hydrogen-bond acceptors (Lipinski definition) is 2. The Hall–Kier alpha value is -3.08. The summed E-state index contributed by atoms with van der Waals surface area (Å²) in [6.07, 6.45) is 0. The zero-order chi connectivity index (χ0) is 20.4. The van der Waals surface area contributed by atoms with Crippen LogP contribution in [-0.4, -0.2) is 16.2 Å². The number of halogens is 2. The molecule has 4 rings (SSSR count). The number of carbonyl (C=O) groups excluding carboxylic acids is 1. The number of benzene rings is 3. The second kappa shape index (κ2) is 8.11. The molecule has 1 amide bonds. The van der Waals surface area contributed by atoms with E-state index in [0.29, 0.717) is 21.5 Å². The molecule has 29 heavy (non-hydrogen) atoms. The summed E-state index contributed by atoms with van der Waals surface area (Å²) in [6.45, 7) is 0. The van der Waals surface area contributed by atoms with Gasteiger partial charge in [0.1, 0.15) is 5.69 Å². The van der Waals surface area contributed by atoms with Crippen molar-refractivity contribution in [2.24, 2.45) is 12.1 Å². The Morgan fingerprint density at radius 3 is 2.31 bits per heavy atom. The molecule has 3 aromatic carbocycles. The van der Waals surface area contributed by atoms with E-state index in [0.717, 1.165) is 22.0 Å². The van der Waals surface area contributed by atoms with Crippen LogP contribution in [0.3, 0.4) is 0 Å². The van der Waals surface area contributed by atoms with Crippen LogP contribution >= 0.6 is 23.2 Å². The van der Waals surface area contributed by atoms with Crippen molar-refractivity contribution in [3.63, 3.8) is 0 Å². The van der Waals surface area contributed by atoms with Gasteiger partial charge >= 0.3 is 0 Å². The van der Waals surface area contributed by atoms with Gasteiger partial charge in [-0.3, -0.25) is 4.79 Å². The zero-order valence-corrected chi connectivity index (χ0v) is 17.1. The predicted molar refractivity (Wildman–Crippen MR) is 119 cm³/mol. The molecule has 4 aromatic rings. The fourth-order valence-corrected chi connectivity index (χ4v) is 3.50. The third kappa shape index (κ3) is 3.90. The van der Waals surface area contributed by atoms with Gasteiger partial charge < -0.3 is 4.57 Å². The number of nitrogens with zero attached hydrogens (tertiary/aromatic N) is 2. The highest BCUT2D eigenvalue weighted by Crippen LogP contribution is 2.24. The van der Waals surface area contributed by atoms with Crippen LogP contribution in [0.15, 0.2) is 84.0 Å². The third-order valence-corrected chi connectivity index (χ3v) is 5.43. The molecule has 0 bridgehead atoms. The van der Waals surface area contributed by atoms with Crippen molar-refractivity contribution in [3.05, 3.63) is 106 Å². The number of aryl methyl sites for hydroxylation is 1. The van der Waals surface area contributed by atoms with Gasteiger partial charge in [0.15, 0.2) is 0 Å². The molecule has 144 valence electrons.